The Morgan fingerprint density at radius 1 is 1.54 bits per heavy atom. The molecule has 6 heteroatoms. The van der Waals surface area contributed by atoms with Gasteiger partial charge in [-0.1, -0.05) is 19.9 Å². The van der Waals surface area contributed by atoms with Crippen molar-refractivity contribution in [2.75, 3.05) is 6.61 Å². The quantitative estimate of drug-likeness (QED) is 0.476. The van der Waals surface area contributed by atoms with Gasteiger partial charge in [0.15, 0.2) is 0 Å². The summed E-state index contributed by atoms with van der Waals surface area (Å²) in [5.74, 6) is -1.04. The normalized spacial score (nSPS) is 10.8. The lowest BCUT2D eigenvalue weighted by Gasteiger charge is -2.02. The van der Waals surface area contributed by atoms with Crippen LogP contribution in [0.25, 0.3) is 0 Å². The molecule has 0 aromatic rings. The van der Waals surface area contributed by atoms with E-state index in [9.17, 15) is 13.2 Å². The molecule has 0 saturated carbocycles. The van der Waals surface area contributed by atoms with E-state index in [1.54, 1.807) is 0 Å². The molecule has 0 fully saturated rings. The van der Waals surface area contributed by atoms with Gasteiger partial charge in [0.2, 0.25) is 0 Å². The van der Waals surface area contributed by atoms with Gasteiger partial charge in [0.25, 0.3) is 0 Å². The van der Waals surface area contributed by atoms with E-state index in [0.29, 0.717) is 6.42 Å². The van der Waals surface area contributed by atoms with Crippen LogP contribution in [0.1, 0.15) is 19.8 Å². The van der Waals surface area contributed by atoms with Crippen LogP contribution in [0.4, 0.5) is 0 Å². The van der Waals surface area contributed by atoms with Crippen LogP contribution in [0.3, 0.4) is 0 Å². The molecular formula is C7H12O5S. The number of carbonyl (C=O) groups is 1. The molecule has 76 valence electrons. The summed E-state index contributed by atoms with van der Waals surface area (Å²) in [5, 5.41) is 0. The zero-order valence-electron chi connectivity index (χ0n) is 7.36. The Bertz CT molecular complexity index is 267. The maximum atomic E-state index is 10.8. The van der Waals surface area contributed by atoms with Crippen molar-refractivity contribution in [1.82, 2.24) is 0 Å². The maximum absolute atomic E-state index is 10.8. The van der Waals surface area contributed by atoms with Gasteiger partial charge < -0.3 is 4.18 Å². The Hall–Kier alpha value is -0.880. The SMILES string of the molecule is C=CC(=O)OS(=O)(=O)OCCCC. The average Bonchev–Trinajstić information content (AvgIpc) is 2.03. The molecular weight excluding hydrogens is 196 g/mol. The van der Waals surface area contributed by atoms with Crippen molar-refractivity contribution in [1.29, 1.82) is 0 Å². The highest BCUT2D eigenvalue weighted by molar-refractivity contribution is 7.82. The molecule has 0 aromatic heterocycles. The van der Waals surface area contributed by atoms with Crippen LogP contribution in [0.5, 0.6) is 0 Å². The van der Waals surface area contributed by atoms with E-state index in [-0.39, 0.29) is 6.61 Å². The molecule has 0 aromatic carbocycles. The molecule has 5 nitrogen and oxygen atoms in total. The molecule has 0 spiro atoms. The molecule has 0 heterocycles. The van der Waals surface area contributed by atoms with E-state index < -0.39 is 16.4 Å². The molecule has 0 atom stereocenters. The fraction of sp³-hybridized carbons (Fsp3) is 0.571. The van der Waals surface area contributed by atoms with Crippen molar-refractivity contribution in [2.24, 2.45) is 0 Å². The first-order valence-corrected chi connectivity index (χ1v) is 5.10. The Morgan fingerprint density at radius 2 is 2.15 bits per heavy atom. The fourth-order valence-electron chi connectivity index (χ4n) is 0.464. The van der Waals surface area contributed by atoms with Gasteiger partial charge in [0, 0.05) is 6.08 Å². The third-order valence-corrected chi connectivity index (χ3v) is 1.90. The van der Waals surface area contributed by atoms with E-state index >= 15 is 0 Å². The van der Waals surface area contributed by atoms with Crippen LogP contribution >= 0.6 is 0 Å². The minimum atomic E-state index is -4.19. The summed E-state index contributed by atoms with van der Waals surface area (Å²) in [6.45, 7) is 4.94. The standard InChI is InChI=1S/C7H12O5S/c1-3-5-6-11-13(9,10)12-7(8)4-2/h4H,2-3,5-6H2,1H3. The van der Waals surface area contributed by atoms with E-state index in [2.05, 4.69) is 14.9 Å². The Balaban J connectivity index is 3.95. The lowest BCUT2D eigenvalue weighted by atomic mass is 10.4. The molecule has 0 aliphatic heterocycles. The minimum absolute atomic E-state index is 0.0171. The lowest BCUT2D eigenvalue weighted by Crippen LogP contribution is -2.14. The lowest BCUT2D eigenvalue weighted by molar-refractivity contribution is -0.129. The van der Waals surface area contributed by atoms with Crippen molar-refractivity contribution in [3.8, 4) is 0 Å². The minimum Gasteiger partial charge on any atom is -0.321 e. The van der Waals surface area contributed by atoms with Crippen molar-refractivity contribution in [3.63, 3.8) is 0 Å². The van der Waals surface area contributed by atoms with Gasteiger partial charge in [-0.2, -0.15) is 8.42 Å². The van der Waals surface area contributed by atoms with E-state index in [1.807, 2.05) is 6.92 Å². The van der Waals surface area contributed by atoms with Gasteiger partial charge >= 0.3 is 16.4 Å². The summed E-state index contributed by atoms with van der Waals surface area (Å²) < 4.78 is 29.8. The van der Waals surface area contributed by atoms with Crippen LogP contribution < -0.4 is 0 Å². The molecule has 0 amide bonds. The maximum Gasteiger partial charge on any atom is 0.451 e. The van der Waals surface area contributed by atoms with Crippen LogP contribution in [0.15, 0.2) is 12.7 Å². The van der Waals surface area contributed by atoms with Crippen molar-refractivity contribution in [2.45, 2.75) is 19.8 Å². The van der Waals surface area contributed by atoms with Gasteiger partial charge in [0.1, 0.15) is 0 Å². The van der Waals surface area contributed by atoms with Crippen LogP contribution in [-0.2, 0) is 23.6 Å². The largest absolute Gasteiger partial charge is 0.451 e. The number of hydrogen-bond acceptors (Lipinski definition) is 5. The highest BCUT2D eigenvalue weighted by atomic mass is 32.3. The Labute approximate surface area is 77.7 Å². The highest BCUT2D eigenvalue weighted by Crippen LogP contribution is 1.99. The molecule has 0 aliphatic rings. The Morgan fingerprint density at radius 3 is 2.62 bits per heavy atom. The zero-order valence-corrected chi connectivity index (χ0v) is 8.17. The molecule has 0 saturated heterocycles. The summed E-state index contributed by atoms with van der Waals surface area (Å²) in [7, 11) is -4.19. The van der Waals surface area contributed by atoms with Crippen molar-refractivity contribution >= 4 is 16.4 Å². The van der Waals surface area contributed by atoms with Crippen LogP contribution in [0, 0.1) is 0 Å². The van der Waals surface area contributed by atoms with Gasteiger partial charge in [-0.3, -0.25) is 0 Å². The van der Waals surface area contributed by atoms with Crippen LogP contribution in [0.2, 0.25) is 0 Å². The summed E-state index contributed by atoms with van der Waals surface area (Å²) in [6.07, 6.45) is 2.14. The first-order valence-electron chi connectivity index (χ1n) is 3.77. The fourth-order valence-corrected chi connectivity index (χ4v) is 1.10. The predicted octanol–water partition coefficient (Wildman–Crippen LogP) is 0.777. The summed E-state index contributed by atoms with van der Waals surface area (Å²) in [4.78, 5) is 10.5. The first-order chi connectivity index (χ1) is 6.02. The number of rotatable bonds is 6. The van der Waals surface area contributed by atoms with Crippen LogP contribution in [-0.4, -0.2) is 21.0 Å². The van der Waals surface area contributed by atoms with Gasteiger partial charge in [0.05, 0.1) is 6.61 Å². The topological polar surface area (TPSA) is 69.7 Å². The monoisotopic (exact) mass is 208 g/mol. The van der Waals surface area contributed by atoms with E-state index in [4.69, 9.17) is 0 Å². The van der Waals surface area contributed by atoms with E-state index in [1.165, 1.54) is 0 Å². The number of carbonyl (C=O) groups excluding carboxylic acids is 1. The molecule has 0 radical (unpaired) electrons. The zero-order chi connectivity index (χ0) is 10.3. The van der Waals surface area contributed by atoms with Crippen molar-refractivity contribution < 1.29 is 21.6 Å². The second-order valence-corrected chi connectivity index (χ2v) is 3.41. The van der Waals surface area contributed by atoms with Gasteiger partial charge in [-0.25, -0.2) is 8.98 Å². The molecule has 0 N–H and O–H groups in total. The first kappa shape index (κ1) is 12.1. The molecule has 13 heavy (non-hydrogen) atoms. The molecule has 0 unspecified atom stereocenters. The second-order valence-electron chi connectivity index (χ2n) is 2.19. The smallest absolute Gasteiger partial charge is 0.321 e. The molecule has 0 bridgehead atoms. The van der Waals surface area contributed by atoms with Crippen molar-refractivity contribution in [3.05, 3.63) is 12.7 Å². The summed E-state index contributed by atoms with van der Waals surface area (Å²) in [6, 6.07) is 0. The summed E-state index contributed by atoms with van der Waals surface area (Å²) >= 11 is 0. The van der Waals surface area contributed by atoms with Gasteiger partial charge in [-0.15, -0.1) is 0 Å². The molecule has 0 aliphatic carbocycles. The number of unbranched alkanes of at least 4 members (excludes halogenated alkanes) is 1. The Kier molecular flexibility index (Phi) is 5.33. The molecule has 0 rings (SSSR count). The third-order valence-electron chi connectivity index (χ3n) is 1.08. The second kappa shape index (κ2) is 5.71. The summed E-state index contributed by atoms with van der Waals surface area (Å²) in [5.41, 5.74) is 0. The highest BCUT2D eigenvalue weighted by Gasteiger charge is 2.15. The van der Waals surface area contributed by atoms with Gasteiger partial charge in [-0.05, 0) is 6.42 Å². The third kappa shape index (κ3) is 6.30. The number of hydrogen-bond donors (Lipinski definition) is 0. The average molecular weight is 208 g/mol. The predicted molar refractivity (Wildman–Crippen MR) is 46.1 cm³/mol. The van der Waals surface area contributed by atoms with E-state index in [0.717, 1.165) is 12.5 Å².